The Morgan fingerprint density at radius 3 is 2.13 bits per heavy atom. The molecule has 0 aliphatic carbocycles. The van der Waals surface area contributed by atoms with E-state index in [1.165, 1.54) is 0 Å². The van der Waals surface area contributed by atoms with E-state index in [0.29, 0.717) is 12.1 Å². The van der Waals surface area contributed by atoms with E-state index in [-0.39, 0.29) is 5.54 Å². The molecule has 0 aromatic heterocycles. The lowest BCUT2D eigenvalue weighted by molar-refractivity contribution is 0.0915. The highest BCUT2D eigenvalue weighted by molar-refractivity contribution is 4.77. The summed E-state index contributed by atoms with van der Waals surface area (Å²) in [4.78, 5) is 2.35. The minimum atomic E-state index is 0.194. The number of nitrogens with one attached hydrogen (secondary N) is 1. The van der Waals surface area contributed by atoms with Crippen LogP contribution in [0.4, 0.5) is 0 Å². The monoisotopic (exact) mass is 216 g/mol. The van der Waals surface area contributed by atoms with E-state index in [4.69, 9.17) is 4.74 Å². The average molecular weight is 216 g/mol. The lowest BCUT2D eigenvalue weighted by Gasteiger charge is -2.32. The fourth-order valence-corrected chi connectivity index (χ4v) is 1.39. The molecule has 0 amide bonds. The predicted molar refractivity (Wildman–Crippen MR) is 66.3 cm³/mol. The van der Waals surface area contributed by atoms with Crippen LogP contribution in [-0.2, 0) is 4.74 Å². The molecule has 0 saturated carbocycles. The van der Waals surface area contributed by atoms with Crippen LogP contribution in [0, 0.1) is 0 Å². The molecule has 92 valence electrons. The molecule has 0 spiro atoms. The molecule has 0 aliphatic heterocycles. The van der Waals surface area contributed by atoms with E-state index in [1.54, 1.807) is 7.11 Å². The van der Waals surface area contributed by atoms with Gasteiger partial charge in [-0.2, -0.15) is 0 Å². The summed E-state index contributed by atoms with van der Waals surface area (Å²) in [7, 11) is 3.90. The van der Waals surface area contributed by atoms with Gasteiger partial charge >= 0.3 is 0 Å². The topological polar surface area (TPSA) is 24.5 Å². The first-order valence-corrected chi connectivity index (χ1v) is 5.74. The fraction of sp³-hybridized carbons (Fsp3) is 1.00. The highest BCUT2D eigenvalue weighted by atomic mass is 16.5. The molecule has 2 unspecified atom stereocenters. The summed E-state index contributed by atoms with van der Waals surface area (Å²) >= 11 is 0. The first-order chi connectivity index (χ1) is 6.78. The number of ether oxygens (including phenoxy) is 1. The van der Waals surface area contributed by atoms with Gasteiger partial charge in [-0.1, -0.05) is 0 Å². The van der Waals surface area contributed by atoms with Gasteiger partial charge < -0.3 is 10.1 Å². The van der Waals surface area contributed by atoms with Crippen LogP contribution in [0.5, 0.6) is 0 Å². The summed E-state index contributed by atoms with van der Waals surface area (Å²) in [6.45, 7) is 12.8. The van der Waals surface area contributed by atoms with Crippen molar-refractivity contribution in [3.05, 3.63) is 0 Å². The number of hydrogen-bond donors (Lipinski definition) is 1. The Bertz CT molecular complexity index is 165. The third-order valence-corrected chi connectivity index (χ3v) is 2.73. The first kappa shape index (κ1) is 14.9. The van der Waals surface area contributed by atoms with Crippen LogP contribution in [0.2, 0.25) is 0 Å². The van der Waals surface area contributed by atoms with E-state index in [0.717, 1.165) is 13.2 Å². The van der Waals surface area contributed by atoms with Gasteiger partial charge in [0.25, 0.3) is 0 Å². The second-order valence-electron chi connectivity index (χ2n) is 5.45. The molecule has 2 atom stereocenters. The van der Waals surface area contributed by atoms with Crippen molar-refractivity contribution < 1.29 is 4.74 Å². The van der Waals surface area contributed by atoms with Crippen LogP contribution in [0.1, 0.15) is 34.6 Å². The van der Waals surface area contributed by atoms with Crippen molar-refractivity contribution in [3.8, 4) is 0 Å². The molecule has 0 aromatic carbocycles. The SMILES string of the molecule is COCC(C)N(C)C(C)CNC(C)(C)C. The zero-order valence-corrected chi connectivity index (χ0v) is 11.4. The van der Waals surface area contributed by atoms with Crippen molar-refractivity contribution in [3.63, 3.8) is 0 Å². The average Bonchev–Trinajstić information content (AvgIpc) is 2.12. The van der Waals surface area contributed by atoms with Crippen molar-refractivity contribution in [2.75, 3.05) is 27.3 Å². The molecule has 0 heterocycles. The van der Waals surface area contributed by atoms with Gasteiger partial charge in [0.15, 0.2) is 0 Å². The summed E-state index contributed by atoms with van der Waals surface area (Å²) in [6.07, 6.45) is 0. The number of hydrogen-bond acceptors (Lipinski definition) is 3. The summed E-state index contributed by atoms with van der Waals surface area (Å²) < 4.78 is 5.16. The van der Waals surface area contributed by atoms with Crippen LogP contribution < -0.4 is 5.32 Å². The first-order valence-electron chi connectivity index (χ1n) is 5.74. The minimum Gasteiger partial charge on any atom is -0.383 e. The summed E-state index contributed by atoms with van der Waals surface area (Å²) in [5.74, 6) is 0. The Morgan fingerprint density at radius 1 is 1.20 bits per heavy atom. The third kappa shape index (κ3) is 6.88. The third-order valence-electron chi connectivity index (χ3n) is 2.73. The molecule has 0 bridgehead atoms. The number of likely N-dealkylation sites (N-methyl/N-ethyl adjacent to an activating group) is 1. The van der Waals surface area contributed by atoms with Crippen molar-refractivity contribution in [2.45, 2.75) is 52.2 Å². The maximum Gasteiger partial charge on any atom is 0.0615 e. The molecule has 0 aromatic rings. The van der Waals surface area contributed by atoms with Crippen LogP contribution in [0.15, 0.2) is 0 Å². The quantitative estimate of drug-likeness (QED) is 0.732. The van der Waals surface area contributed by atoms with Gasteiger partial charge in [0.05, 0.1) is 6.61 Å². The zero-order valence-electron chi connectivity index (χ0n) is 11.4. The van der Waals surface area contributed by atoms with E-state index in [9.17, 15) is 0 Å². The van der Waals surface area contributed by atoms with E-state index >= 15 is 0 Å². The highest BCUT2D eigenvalue weighted by Gasteiger charge is 2.17. The lowest BCUT2D eigenvalue weighted by atomic mass is 10.1. The maximum absolute atomic E-state index is 5.16. The summed E-state index contributed by atoms with van der Waals surface area (Å²) in [5, 5.41) is 3.52. The Hall–Kier alpha value is -0.120. The van der Waals surface area contributed by atoms with Crippen molar-refractivity contribution in [1.82, 2.24) is 10.2 Å². The van der Waals surface area contributed by atoms with Crippen LogP contribution in [0.3, 0.4) is 0 Å². The molecular weight excluding hydrogens is 188 g/mol. The molecule has 15 heavy (non-hydrogen) atoms. The fourth-order valence-electron chi connectivity index (χ4n) is 1.39. The molecule has 3 heteroatoms. The smallest absolute Gasteiger partial charge is 0.0615 e. The molecule has 1 N–H and O–H groups in total. The summed E-state index contributed by atoms with van der Waals surface area (Å²) in [6, 6.07) is 0.987. The molecule has 0 rings (SSSR count). The zero-order chi connectivity index (χ0) is 12.1. The standard InChI is InChI=1S/C12H28N2O/c1-10(8-13-12(3,4)5)14(6)11(2)9-15-7/h10-11,13H,8-9H2,1-7H3. The Morgan fingerprint density at radius 2 is 1.73 bits per heavy atom. The van der Waals surface area contributed by atoms with Crippen LogP contribution in [0.25, 0.3) is 0 Å². The maximum atomic E-state index is 5.16. The van der Waals surface area contributed by atoms with E-state index in [2.05, 4.69) is 51.9 Å². The van der Waals surface area contributed by atoms with Crippen LogP contribution >= 0.6 is 0 Å². The minimum absolute atomic E-state index is 0.194. The molecule has 0 fully saturated rings. The van der Waals surface area contributed by atoms with Crippen molar-refractivity contribution in [2.24, 2.45) is 0 Å². The van der Waals surface area contributed by atoms with E-state index < -0.39 is 0 Å². The van der Waals surface area contributed by atoms with Gasteiger partial charge in [0, 0.05) is 31.3 Å². The van der Waals surface area contributed by atoms with Gasteiger partial charge in [-0.3, -0.25) is 4.90 Å². The normalized spacial score (nSPS) is 16.8. The second-order valence-corrected chi connectivity index (χ2v) is 5.45. The molecule has 0 radical (unpaired) electrons. The Labute approximate surface area is 95.2 Å². The van der Waals surface area contributed by atoms with Gasteiger partial charge in [0.2, 0.25) is 0 Å². The molecule has 0 aliphatic rings. The van der Waals surface area contributed by atoms with E-state index in [1.807, 2.05) is 0 Å². The molecule has 0 saturated heterocycles. The van der Waals surface area contributed by atoms with Gasteiger partial charge in [-0.05, 0) is 41.7 Å². The van der Waals surface area contributed by atoms with Gasteiger partial charge in [0.1, 0.15) is 0 Å². The predicted octanol–water partition coefficient (Wildman–Crippen LogP) is 1.73. The van der Waals surface area contributed by atoms with Crippen LogP contribution in [-0.4, -0.2) is 49.8 Å². The molecule has 3 nitrogen and oxygen atoms in total. The second kappa shape index (κ2) is 6.46. The lowest BCUT2D eigenvalue weighted by Crippen LogP contribution is -2.48. The molecular formula is C12H28N2O. The number of rotatable bonds is 6. The highest BCUT2D eigenvalue weighted by Crippen LogP contribution is 2.04. The summed E-state index contributed by atoms with van der Waals surface area (Å²) in [5.41, 5.74) is 0.194. The largest absolute Gasteiger partial charge is 0.383 e. The van der Waals surface area contributed by atoms with Crippen molar-refractivity contribution in [1.29, 1.82) is 0 Å². The number of methoxy groups -OCH3 is 1. The number of nitrogens with zero attached hydrogens (tertiary/aromatic N) is 1. The Kier molecular flexibility index (Phi) is 6.41. The van der Waals surface area contributed by atoms with Crippen molar-refractivity contribution >= 4 is 0 Å². The van der Waals surface area contributed by atoms with Gasteiger partial charge in [-0.25, -0.2) is 0 Å². The van der Waals surface area contributed by atoms with Gasteiger partial charge in [-0.15, -0.1) is 0 Å². The Balaban J connectivity index is 3.93.